The summed E-state index contributed by atoms with van der Waals surface area (Å²) in [5, 5.41) is 2.97. The summed E-state index contributed by atoms with van der Waals surface area (Å²) < 4.78 is 13.3. The van der Waals surface area contributed by atoms with Crippen LogP contribution in [-0.2, 0) is 4.79 Å². The van der Waals surface area contributed by atoms with Crippen LogP contribution < -0.4 is 5.32 Å². The molecule has 1 unspecified atom stereocenters. The van der Waals surface area contributed by atoms with Gasteiger partial charge in [0.2, 0.25) is 0 Å². The second-order valence-electron chi connectivity index (χ2n) is 3.89. The van der Waals surface area contributed by atoms with Crippen molar-refractivity contribution in [3.8, 4) is 0 Å². The molecule has 0 aromatic heterocycles. The Kier molecular flexibility index (Phi) is 2.99. The molecule has 1 N–H and O–H groups in total. The van der Waals surface area contributed by atoms with Crippen molar-refractivity contribution in [2.24, 2.45) is 0 Å². The zero-order valence-corrected chi connectivity index (χ0v) is 8.50. The first-order valence-corrected chi connectivity index (χ1v) is 5.31. The first kappa shape index (κ1) is 10.1. The van der Waals surface area contributed by atoms with Crippen LogP contribution in [0.4, 0.5) is 10.1 Å². The van der Waals surface area contributed by atoms with Crippen LogP contribution in [-0.4, -0.2) is 11.8 Å². The number of hydrogen-bond acceptors (Lipinski definition) is 2. The summed E-state index contributed by atoms with van der Waals surface area (Å²) in [5.74, 6) is -0.0969. The molecule has 1 atom stereocenters. The maximum Gasteiger partial charge on any atom is 0.155 e. The molecule has 0 heterocycles. The van der Waals surface area contributed by atoms with Crippen LogP contribution in [0, 0.1) is 5.82 Å². The number of anilines is 1. The number of carbonyl (C=O) groups excluding carboxylic acids is 1. The van der Waals surface area contributed by atoms with Crippen molar-refractivity contribution in [3.63, 3.8) is 0 Å². The largest absolute Gasteiger partial charge is 0.373 e. The van der Waals surface area contributed by atoms with Crippen molar-refractivity contribution >= 4 is 11.5 Å². The smallest absolute Gasteiger partial charge is 0.155 e. The summed E-state index contributed by atoms with van der Waals surface area (Å²) in [6.45, 7) is 0. The Hall–Kier alpha value is -1.38. The fourth-order valence-corrected chi connectivity index (χ4v) is 1.90. The average Bonchev–Trinajstić information content (AvgIpc) is 2.24. The number of Topliss-reactive ketones (excluding diaryl/α,β-unsaturated/α-hetero) is 1. The lowest BCUT2D eigenvalue weighted by Gasteiger charge is -2.22. The topological polar surface area (TPSA) is 29.1 Å². The predicted octanol–water partition coefficient (Wildman–Crippen LogP) is 2.75. The SMILES string of the molecule is O=C1CCCCC1Nc1ccccc1F. The minimum absolute atomic E-state index is 0.198. The molecule has 0 saturated heterocycles. The zero-order valence-electron chi connectivity index (χ0n) is 8.50. The Labute approximate surface area is 88.5 Å². The van der Waals surface area contributed by atoms with E-state index in [9.17, 15) is 9.18 Å². The van der Waals surface area contributed by atoms with E-state index in [1.807, 2.05) is 0 Å². The van der Waals surface area contributed by atoms with Crippen molar-refractivity contribution in [2.45, 2.75) is 31.7 Å². The number of ketones is 1. The lowest BCUT2D eigenvalue weighted by atomic mass is 9.94. The molecule has 1 fully saturated rings. The van der Waals surface area contributed by atoms with Crippen LogP contribution in [0.15, 0.2) is 24.3 Å². The van der Waals surface area contributed by atoms with Crippen LogP contribution in [0.25, 0.3) is 0 Å². The molecule has 2 rings (SSSR count). The molecule has 1 aliphatic rings. The first-order chi connectivity index (χ1) is 7.27. The van der Waals surface area contributed by atoms with Gasteiger partial charge in [0, 0.05) is 6.42 Å². The van der Waals surface area contributed by atoms with Gasteiger partial charge in [-0.3, -0.25) is 4.79 Å². The Bertz CT molecular complexity index is 364. The molecule has 1 aromatic carbocycles. The van der Waals surface area contributed by atoms with Gasteiger partial charge in [-0.2, -0.15) is 0 Å². The summed E-state index contributed by atoms with van der Waals surface area (Å²) in [4.78, 5) is 11.5. The van der Waals surface area contributed by atoms with Gasteiger partial charge >= 0.3 is 0 Å². The van der Waals surface area contributed by atoms with Gasteiger partial charge in [0.25, 0.3) is 0 Å². The van der Waals surface area contributed by atoms with Crippen LogP contribution >= 0.6 is 0 Å². The van der Waals surface area contributed by atoms with E-state index in [0.29, 0.717) is 12.1 Å². The van der Waals surface area contributed by atoms with Crippen LogP contribution in [0.2, 0.25) is 0 Å². The normalized spacial score (nSPS) is 21.4. The van der Waals surface area contributed by atoms with Gasteiger partial charge in [-0.05, 0) is 25.0 Å². The molecule has 3 heteroatoms. The van der Waals surface area contributed by atoms with E-state index in [1.54, 1.807) is 18.2 Å². The van der Waals surface area contributed by atoms with E-state index in [2.05, 4.69) is 5.32 Å². The van der Waals surface area contributed by atoms with Crippen LogP contribution in [0.3, 0.4) is 0 Å². The van der Waals surface area contributed by atoms with Crippen molar-refractivity contribution < 1.29 is 9.18 Å². The first-order valence-electron chi connectivity index (χ1n) is 5.31. The fraction of sp³-hybridized carbons (Fsp3) is 0.417. The molecule has 2 nitrogen and oxygen atoms in total. The molecule has 0 radical (unpaired) electrons. The van der Waals surface area contributed by atoms with Gasteiger partial charge < -0.3 is 5.32 Å². The third-order valence-electron chi connectivity index (χ3n) is 2.76. The second kappa shape index (κ2) is 4.43. The molecule has 0 amide bonds. The second-order valence-corrected chi connectivity index (χ2v) is 3.89. The molecular formula is C12H14FNO. The number of benzene rings is 1. The third-order valence-corrected chi connectivity index (χ3v) is 2.76. The number of nitrogens with one attached hydrogen (secondary N) is 1. The van der Waals surface area contributed by atoms with Gasteiger partial charge in [-0.1, -0.05) is 18.6 Å². The van der Waals surface area contributed by atoms with Crippen molar-refractivity contribution in [1.29, 1.82) is 0 Å². The van der Waals surface area contributed by atoms with Gasteiger partial charge in [0.15, 0.2) is 5.78 Å². The van der Waals surface area contributed by atoms with Crippen LogP contribution in [0.1, 0.15) is 25.7 Å². The van der Waals surface area contributed by atoms with E-state index < -0.39 is 0 Å². The third kappa shape index (κ3) is 2.35. The maximum atomic E-state index is 13.3. The monoisotopic (exact) mass is 207 g/mol. The molecule has 1 aliphatic carbocycles. The maximum absolute atomic E-state index is 13.3. The zero-order chi connectivity index (χ0) is 10.7. The molecule has 0 bridgehead atoms. The highest BCUT2D eigenvalue weighted by Gasteiger charge is 2.22. The Balaban J connectivity index is 2.08. The van der Waals surface area contributed by atoms with E-state index >= 15 is 0 Å². The van der Waals surface area contributed by atoms with Crippen molar-refractivity contribution in [3.05, 3.63) is 30.1 Å². The summed E-state index contributed by atoms with van der Waals surface area (Å²) in [7, 11) is 0. The number of rotatable bonds is 2. The van der Waals surface area contributed by atoms with Crippen molar-refractivity contribution in [2.75, 3.05) is 5.32 Å². The van der Waals surface area contributed by atoms with E-state index in [1.165, 1.54) is 6.07 Å². The Morgan fingerprint density at radius 1 is 1.27 bits per heavy atom. The van der Waals surface area contributed by atoms with Gasteiger partial charge in [0.05, 0.1) is 11.7 Å². The number of para-hydroxylation sites is 1. The number of hydrogen-bond donors (Lipinski definition) is 1. The fourth-order valence-electron chi connectivity index (χ4n) is 1.90. The summed E-state index contributed by atoms with van der Waals surface area (Å²) in [5.41, 5.74) is 0.428. The van der Waals surface area contributed by atoms with Gasteiger partial charge in [-0.15, -0.1) is 0 Å². The average molecular weight is 207 g/mol. The molecule has 0 spiro atoms. The minimum Gasteiger partial charge on any atom is -0.373 e. The molecule has 0 aliphatic heterocycles. The van der Waals surface area contributed by atoms with Gasteiger partial charge in [-0.25, -0.2) is 4.39 Å². The molecule has 1 saturated carbocycles. The Morgan fingerprint density at radius 3 is 2.80 bits per heavy atom. The molecule has 15 heavy (non-hydrogen) atoms. The quantitative estimate of drug-likeness (QED) is 0.807. The highest BCUT2D eigenvalue weighted by Crippen LogP contribution is 2.20. The summed E-state index contributed by atoms with van der Waals surface area (Å²) in [6.07, 6.45) is 3.44. The van der Waals surface area contributed by atoms with Crippen LogP contribution in [0.5, 0.6) is 0 Å². The lowest BCUT2D eigenvalue weighted by Crippen LogP contribution is -2.32. The molecule has 1 aromatic rings. The highest BCUT2D eigenvalue weighted by atomic mass is 19.1. The lowest BCUT2D eigenvalue weighted by molar-refractivity contribution is -0.121. The number of carbonyl (C=O) groups is 1. The Morgan fingerprint density at radius 2 is 2.07 bits per heavy atom. The molecular weight excluding hydrogens is 193 g/mol. The van der Waals surface area contributed by atoms with E-state index in [4.69, 9.17) is 0 Å². The predicted molar refractivity (Wildman–Crippen MR) is 57.3 cm³/mol. The highest BCUT2D eigenvalue weighted by molar-refractivity contribution is 5.87. The van der Waals surface area contributed by atoms with E-state index in [-0.39, 0.29) is 17.6 Å². The summed E-state index contributed by atoms with van der Waals surface area (Å²) >= 11 is 0. The minimum atomic E-state index is -0.295. The van der Waals surface area contributed by atoms with E-state index in [0.717, 1.165) is 19.3 Å². The standard InChI is InChI=1S/C12H14FNO/c13-9-5-1-2-6-10(9)14-11-7-3-4-8-12(11)15/h1-2,5-6,11,14H,3-4,7-8H2. The van der Waals surface area contributed by atoms with Crippen molar-refractivity contribution in [1.82, 2.24) is 0 Å². The van der Waals surface area contributed by atoms with Gasteiger partial charge in [0.1, 0.15) is 5.82 Å². The summed E-state index contributed by atoms with van der Waals surface area (Å²) in [6, 6.07) is 6.27. The molecule has 80 valence electrons. The number of halogens is 1.